The van der Waals surface area contributed by atoms with Gasteiger partial charge in [0.05, 0.1) is 5.69 Å². The molecular weight excluding hydrogens is 360 g/mol. The molecule has 0 aliphatic carbocycles. The maximum atomic E-state index is 12.1. The fourth-order valence-electron chi connectivity index (χ4n) is 3.09. The first kappa shape index (κ1) is 17.2. The number of hydrogen-bond donors (Lipinski definition) is 1. The van der Waals surface area contributed by atoms with Crippen molar-refractivity contribution in [3.8, 4) is 33.6 Å². The van der Waals surface area contributed by atoms with Crippen molar-refractivity contribution in [3.63, 3.8) is 0 Å². The Morgan fingerprint density at radius 3 is 1.59 bits per heavy atom. The van der Waals surface area contributed by atoms with Crippen LogP contribution in [0.2, 0.25) is 0 Å². The van der Waals surface area contributed by atoms with Crippen molar-refractivity contribution in [1.29, 1.82) is 0 Å². The van der Waals surface area contributed by atoms with Crippen LogP contribution >= 0.6 is 0 Å². The van der Waals surface area contributed by atoms with Gasteiger partial charge in [0, 0.05) is 16.7 Å². The van der Waals surface area contributed by atoms with E-state index in [1.54, 1.807) is 12.1 Å². The Morgan fingerprint density at radius 1 is 0.667 bits per heavy atom. The molecule has 0 amide bonds. The van der Waals surface area contributed by atoms with Crippen LogP contribution in [0.15, 0.2) is 91.0 Å². The van der Waals surface area contributed by atoms with Gasteiger partial charge in [-0.1, -0.05) is 91.0 Å². The molecule has 0 aliphatic rings. The van der Waals surface area contributed by atoms with Crippen molar-refractivity contribution in [2.24, 2.45) is 0 Å². The zero-order valence-corrected chi connectivity index (χ0v) is 15.0. The summed E-state index contributed by atoms with van der Waals surface area (Å²) >= 11 is 0. The van der Waals surface area contributed by atoms with E-state index in [0.29, 0.717) is 26.6 Å². The number of hydrogen-bond acceptors (Lipinski definition) is 3. The highest BCUT2D eigenvalue weighted by Gasteiger charge is 2.26. The van der Waals surface area contributed by atoms with Gasteiger partial charge in [0.25, 0.3) is 0 Å². The molecular formula is C21H16N2O3S. The summed E-state index contributed by atoms with van der Waals surface area (Å²) in [7, 11) is -4.59. The van der Waals surface area contributed by atoms with Crippen LogP contribution in [-0.2, 0) is 10.3 Å². The van der Waals surface area contributed by atoms with Gasteiger partial charge in [-0.25, -0.2) is 0 Å². The van der Waals surface area contributed by atoms with Crippen LogP contribution in [0.1, 0.15) is 0 Å². The summed E-state index contributed by atoms with van der Waals surface area (Å²) in [5.74, 6) is 0. The normalized spacial score (nSPS) is 11.4. The highest BCUT2D eigenvalue weighted by Crippen LogP contribution is 2.40. The SMILES string of the molecule is O=S(=O)(O)n1nc(-c2ccccc2)c(-c2ccccc2)c1-c1ccccc1. The zero-order chi connectivity index (χ0) is 18.9. The number of rotatable bonds is 4. The summed E-state index contributed by atoms with van der Waals surface area (Å²) in [6.07, 6.45) is 0. The lowest BCUT2D eigenvalue weighted by Gasteiger charge is -2.08. The van der Waals surface area contributed by atoms with Crippen LogP contribution in [0.3, 0.4) is 0 Å². The molecule has 0 atom stereocenters. The lowest BCUT2D eigenvalue weighted by molar-refractivity contribution is 0.466. The standard InChI is InChI=1S/C21H16N2O3S/c24-27(25,26)23-21(18-14-8-3-9-15-18)19(16-10-4-1-5-11-16)20(22-23)17-12-6-2-7-13-17/h1-15H,(H,24,25,26). The Bertz CT molecular complexity index is 1170. The van der Waals surface area contributed by atoms with E-state index in [9.17, 15) is 13.0 Å². The Labute approximate surface area is 157 Å². The van der Waals surface area contributed by atoms with E-state index in [-0.39, 0.29) is 0 Å². The lowest BCUT2D eigenvalue weighted by Crippen LogP contribution is -2.14. The van der Waals surface area contributed by atoms with Crippen molar-refractivity contribution < 1.29 is 13.0 Å². The molecule has 27 heavy (non-hydrogen) atoms. The Balaban J connectivity index is 2.14. The van der Waals surface area contributed by atoms with Crippen molar-refractivity contribution in [2.75, 3.05) is 0 Å². The van der Waals surface area contributed by atoms with Crippen LogP contribution < -0.4 is 0 Å². The van der Waals surface area contributed by atoms with Crippen molar-refractivity contribution in [3.05, 3.63) is 91.0 Å². The fourth-order valence-corrected chi connectivity index (χ4v) is 3.70. The molecule has 4 rings (SSSR count). The minimum Gasteiger partial charge on any atom is -0.268 e. The van der Waals surface area contributed by atoms with Crippen LogP contribution in [-0.4, -0.2) is 22.2 Å². The molecule has 0 unspecified atom stereocenters. The van der Waals surface area contributed by atoms with Gasteiger partial charge in [-0.2, -0.15) is 13.5 Å². The first-order valence-electron chi connectivity index (χ1n) is 8.33. The second-order valence-corrected chi connectivity index (χ2v) is 7.23. The van der Waals surface area contributed by atoms with Crippen LogP contribution in [0.5, 0.6) is 0 Å². The predicted molar refractivity (Wildman–Crippen MR) is 105 cm³/mol. The molecule has 0 saturated heterocycles. The van der Waals surface area contributed by atoms with Gasteiger partial charge >= 0.3 is 10.3 Å². The zero-order valence-electron chi connectivity index (χ0n) is 14.2. The molecule has 0 radical (unpaired) electrons. The average molecular weight is 376 g/mol. The van der Waals surface area contributed by atoms with Crippen LogP contribution in [0, 0.1) is 0 Å². The largest absolute Gasteiger partial charge is 0.379 e. The topological polar surface area (TPSA) is 72.2 Å². The van der Waals surface area contributed by atoms with E-state index in [4.69, 9.17) is 0 Å². The highest BCUT2D eigenvalue weighted by molar-refractivity contribution is 7.84. The van der Waals surface area contributed by atoms with E-state index < -0.39 is 10.3 Å². The van der Waals surface area contributed by atoms with E-state index in [1.807, 2.05) is 78.9 Å². The summed E-state index contributed by atoms with van der Waals surface area (Å²) in [4.78, 5) is 0. The molecule has 0 aliphatic heterocycles. The molecule has 0 fully saturated rings. The monoisotopic (exact) mass is 376 g/mol. The molecule has 3 aromatic carbocycles. The molecule has 0 bridgehead atoms. The van der Waals surface area contributed by atoms with Gasteiger partial charge in [-0.05, 0) is 5.56 Å². The van der Waals surface area contributed by atoms with Crippen molar-refractivity contribution >= 4 is 10.3 Å². The maximum absolute atomic E-state index is 12.1. The molecule has 134 valence electrons. The third-order valence-corrected chi connectivity index (χ3v) is 4.93. The fraction of sp³-hybridized carbons (Fsp3) is 0. The molecule has 1 aromatic heterocycles. The van der Waals surface area contributed by atoms with Crippen molar-refractivity contribution in [2.45, 2.75) is 0 Å². The molecule has 0 saturated carbocycles. The third-order valence-electron chi connectivity index (χ3n) is 4.23. The number of aromatic nitrogens is 2. The smallest absolute Gasteiger partial charge is 0.268 e. The molecule has 5 nitrogen and oxygen atoms in total. The van der Waals surface area contributed by atoms with Crippen LogP contribution in [0.25, 0.3) is 33.6 Å². The van der Waals surface area contributed by atoms with Gasteiger partial charge in [0.1, 0.15) is 5.69 Å². The second kappa shape index (κ2) is 6.83. The quantitative estimate of drug-likeness (QED) is 0.531. The van der Waals surface area contributed by atoms with Gasteiger partial charge in [0.15, 0.2) is 0 Å². The van der Waals surface area contributed by atoms with E-state index in [0.717, 1.165) is 11.1 Å². The first-order valence-corrected chi connectivity index (χ1v) is 9.72. The predicted octanol–water partition coefficient (Wildman–Crippen LogP) is 4.54. The van der Waals surface area contributed by atoms with Gasteiger partial charge in [-0.3, -0.25) is 4.55 Å². The number of nitrogens with zero attached hydrogens (tertiary/aromatic N) is 2. The summed E-state index contributed by atoms with van der Waals surface area (Å²) in [6, 6.07) is 27.8. The van der Waals surface area contributed by atoms with E-state index in [2.05, 4.69) is 5.10 Å². The minimum absolute atomic E-state index is 0.322. The van der Waals surface area contributed by atoms with Gasteiger partial charge in [0.2, 0.25) is 0 Å². The lowest BCUT2D eigenvalue weighted by atomic mass is 9.96. The van der Waals surface area contributed by atoms with Gasteiger partial charge < -0.3 is 0 Å². The van der Waals surface area contributed by atoms with Gasteiger partial charge in [-0.15, -0.1) is 4.09 Å². The van der Waals surface area contributed by atoms with Crippen molar-refractivity contribution in [1.82, 2.24) is 9.19 Å². The minimum atomic E-state index is -4.59. The molecule has 1 N–H and O–H groups in total. The Kier molecular flexibility index (Phi) is 4.35. The maximum Gasteiger partial charge on any atom is 0.379 e. The summed E-state index contributed by atoms with van der Waals surface area (Å²) in [6.45, 7) is 0. The summed E-state index contributed by atoms with van der Waals surface area (Å²) in [5.41, 5.74) is 3.66. The molecule has 4 aromatic rings. The third kappa shape index (κ3) is 3.28. The van der Waals surface area contributed by atoms with E-state index >= 15 is 0 Å². The Morgan fingerprint density at radius 2 is 1.11 bits per heavy atom. The molecule has 0 spiro atoms. The molecule has 1 heterocycles. The summed E-state index contributed by atoms with van der Waals surface area (Å²) in [5, 5.41) is 4.28. The molecule has 6 heteroatoms. The first-order chi connectivity index (χ1) is 13.1. The van der Waals surface area contributed by atoms with Crippen LogP contribution in [0.4, 0.5) is 0 Å². The van der Waals surface area contributed by atoms with E-state index in [1.165, 1.54) is 0 Å². The number of benzene rings is 3. The average Bonchev–Trinajstić information content (AvgIpc) is 3.11. The second-order valence-electron chi connectivity index (χ2n) is 5.99. The highest BCUT2D eigenvalue weighted by atomic mass is 32.2. The summed E-state index contributed by atoms with van der Waals surface area (Å²) < 4.78 is 34.8. The Hall–Kier alpha value is -3.22.